The van der Waals surface area contributed by atoms with Gasteiger partial charge in [0.05, 0.1) is 6.61 Å². The van der Waals surface area contributed by atoms with E-state index in [0.29, 0.717) is 5.56 Å². The van der Waals surface area contributed by atoms with Crippen LogP contribution in [0.1, 0.15) is 22.5 Å². The molecule has 78 valence electrons. The van der Waals surface area contributed by atoms with Crippen LogP contribution < -0.4 is 0 Å². The van der Waals surface area contributed by atoms with Crippen LogP contribution in [0.25, 0.3) is 0 Å². The van der Waals surface area contributed by atoms with Crippen molar-refractivity contribution < 1.29 is 18.3 Å². The molecule has 0 radical (unpaired) electrons. The molecule has 1 aromatic rings. The van der Waals surface area contributed by atoms with Crippen LogP contribution in [0, 0.1) is 13.8 Å². The Bertz CT molecular complexity index is 347. The monoisotopic (exact) mass is 205 g/mol. The molecule has 0 unspecified atom stereocenters. The summed E-state index contributed by atoms with van der Waals surface area (Å²) < 4.78 is 37.0. The first kappa shape index (κ1) is 11.0. The molecule has 1 N–H and O–H groups in total. The smallest absolute Gasteiger partial charge is 0.392 e. The Kier molecular flexibility index (Phi) is 2.80. The highest BCUT2D eigenvalue weighted by molar-refractivity contribution is 5.30. The van der Waals surface area contributed by atoms with E-state index in [2.05, 4.69) is 4.98 Å². The second-order valence-electron chi connectivity index (χ2n) is 3.05. The number of aliphatic hydroxyl groups excluding tert-OH is 1. The maximum atomic E-state index is 12.3. The summed E-state index contributed by atoms with van der Waals surface area (Å²) in [5.41, 5.74) is -0.208. The lowest BCUT2D eigenvalue weighted by molar-refractivity contribution is -0.141. The minimum Gasteiger partial charge on any atom is -0.392 e. The van der Waals surface area contributed by atoms with Gasteiger partial charge in [0.2, 0.25) is 0 Å². The van der Waals surface area contributed by atoms with Crippen molar-refractivity contribution >= 4 is 0 Å². The van der Waals surface area contributed by atoms with Gasteiger partial charge >= 0.3 is 6.18 Å². The first-order valence-electron chi connectivity index (χ1n) is 4.01. The molecule has 14 heavy (non-hydrogen) atoms. The summed E-state index contributed by atoms with van der Waals surface area (Å²) in [5.74, 6) is 0. The molecule has 1 rings (SSSR count). The van der Waals surface area contributed by atoms with Crippen LogP contribution in [0.2, 0.25) is 0 Å². The number of nitrogens with zero attached hydrogens (tertiary/aromatic N) is 1. The summed E-state index contributed by atoms with van der Waals surface area (Å²) in [6.07, 6.45) is -4.43. The van der Waals surface area contributed by atoms with Gasteiger partial charge in [-0.1, -0.05) is 0 Å². The van der Waals surface area contributed by atoms with Crippen LogP contribution in [0.3, 0.4) is 0 Å². The van der Waals surface area contributed by atoms with Crippen LogP contribution in [0.5, 0.6) is 0 Å². The van der Waals surface area contributed by atoms with Gasteiger partial charge in [-0.25, -0.2) is 4.98 Å². The van der Waals surface area contributed by atoms with E-state index in [9.17, 15) is 13.2 Å². The van der Waals surface area contributed by atoms with Crippen molar-refractivity contribution in [1.82, 2.24) is 4.98 Å². The second kappa shape index (κ2) is 3.57. The molecule has 0 atom stereocenters. The number of halogens is 3. The third-order valence-corrected chi connectivity index (χ3v) is 1.95. The van der Waals surface area contributed by atoms with Gasteiger partial charge in [-0.15, -0.1) is 0 Å². The lowest BCUT2D eigenvalue weighted by Gasteiger charge is -2.11. The molecule has 0 spiro atoms. The Morgan fingerprint density at radius 2 is 1.93 bits per heavy atom. The summed E-state index contributed by atoms with van der Waals surface area (Å²) in [5, 5.41) is 8.82. The Morgan fingerprint density at radius 1 is 1.36 bits per heavy atom. The molecule has 0 aliphatic carbocycles. The zero-order valence-electron chi connectivity index (χ0n) is 7.81. The number of hydrogen-bond acceptors (Lipinski definition) is 2. The molecule has 0 saturated carbocycles. The van der Waals surface area contributed by atoms with Crippen molar-refractivity contribution in [2.24, 2.45) is 0 Å². The van der Waals surface area contributed by atoms with E-state index < -0.39 is 11.9 Å². The molecular weight excluding hydrogens is 195 g/mol. The van der Waals surface area contributed by atoms with E-state index in [0.717, 1.165) is 0 Å². The van der Waals surface area contributed by atoms with Crippen molar-refractivity contribution in [3.05, 3.63) is 28.6 Å². The zero-order chi connectivity index (χ0) is 10.9. The summed E-state index contributed by atoms with van der Waals surface area (Å²) >= 11 is 0. The van der Waals surface area contributed by atoms with Crippen molar-refractivity contribution in [1.29, 1.82) is 0 Å². The van der Waals surface area contributed by atoms with Crippen LogP contribution >= 0.6 is 0 Å². The number of alkyl halides is 3. The largest absolute Gasteiger partial charge is 0.433 e. The molecule has 0 aliphatic heterocycles. The highest BCUT2D eigenvalue weighted by atomic mass is 19.4. The highest BCUT2D eigenvalue weighted by Gasteiger charge is 2.34. The van der Waals surface area contributed by atoms with Crippen molar-refractivity contribution in [3.8, 4) is 0 Å². The third kappa shape index (κ3) is 2.04. The average molecular weight is 205 g/mol. The van der Waals surface area contributed by atoms with Gasteiger partial charge in [0.25, 0.3) is 0 Å². The van der Waals surface area contributed by atoms with Gasteiger partial charge < -0.3 is 5.11 Å². The molecule has 0 saturated heterocycles. The first-order chi connectivity index (χ1) is 6.36. The van der Waals surface area contributed by atoms with Gasteiger partial charge in [-0.05, 0) is 31.0 Å². The SMILES string of the molecule is Cc1cc(CO)c(C)nc1C(F)(F)F. The van der Waals surface area contributed by atoms with Gasteiger partial charge in [0.1, 0.15) is 5.69 Å². The van der Waals surface area contributed by atoms with Crippen LogP contribution in [0.15, 0.2) is 6.07 Å². The molecule has 0 fully saturated rings. The lowest BCUT2D eigenvalue weighted by Crippen LogP contribution is -2.12. The van der Waals surface area contributed by atoms with E-state index >= 15 is 0 Å². The summed E-state index contributed by atoms with van der Waals surface area (Å²) in [6, 6.07) is 1.31. The van der Waals surface area contributed by atoms with Gasteiger partial charge in [0.15, 0.2) is 0 Å². The van der Waals surface area contributed by atoms with E-state index in [1.807, 2.05) is 0 Å². The molecule has 1 heterocycles. The lowest BCUT2D eigenvalue weighted by atomic mass is 10.1. The second-order valence-corrected chi connectivity index (χ2v) is 3.05. The summed E-state index contributed by atoms with van der Waals surface area (Å²) in [4.78, 5) is 3.43. The molecular formula is C9H10F3NO. The predicted molar refractivity (Wildman–Crippen MR) is 44.6 cm³/mol. The summed E-state index contributed by atoms with van der Waals surface area (Å²) in [7, 11) is 0. The van der Waals surface area contributed by atoms with Crippen LogP contribution in [-0.2, 0) is 12.8 Å². The minimum absolute atomic E-state index is 0.0344. The van der Waals surface area contributed by atoms with Crippen LogP contribution in [0.4, 0.5) is 13.2 Å². The Morgan fingerprint density at radius 3 is 2.36 bits per heavy atom. The maximum absolute atomic E-state index is 12.3. The first-order valence-corrected chi connectivity index (χ1v) is 4.01. The standard InChI is InChI=1S/C9H10F3NO/c1-5-3-7(4-14)6(2)13-8(5)9(10,11)12/h3,14H,4H2,1-2H3. The molecule has 1 aromatic heterocycles. The molecule has 0 aromatic carbocycles. The number of rotatable bonds is 1. The van der Waals surface area contributed by atoms with E-state index in [1.165, 1.54) is 19.9 Å². The quantitative estimate of drug-likeness (QED) is 0.762. The average Bonchev–Trinajstić information content (AvgIpc) is 2.06. The molecule has 0 amide bonds. The Balaban J connectivity index is 3.29. The number of aromatic nitrogens is 1. The van der Waals surface area contributed by atoms with Gasteiger partial charge in [-0.3, -0.25) is 0 Å². The van der Waals surface area contributed by atoms with Gasteiger partial charge in [-0.2, -0.15) is 13.2 Å². The third-order valence-electron chi connectivity index (χ3n) is 1.95. The van der Waals surface area contributed by atoms with Crippen molar-refractivity contribution in [2.75, 3.05) is 0 Å². The fraction of sp³-hybridized carbons (Fsp3) is 0.444. The van der Waals surface area contributed by atoms with Crippen LogP contribution in [-0.4, -0.2) is 10.1 Å². The topological polar surface area (TPSA) is 33.1 Å². The Hall–Kier alpha value is -1.10. The van der Waals surface area contributed by atoms with Crippen molar-refractivity contribution in [3.63, 3.8) is 0 Å². The molecule has 0 bridgehead atoms. The van der Waals surface area contributed by atoms with Gasteiger partial charge in [0, 0.05) is 5.69 Å². The van der Waals surface area contributed by atoms with E-state index in [1.54, 1.807) is 0 Å². The summed E-state index contributed by atoms with van der Waals surface area (Å²) in [6.45, 7) is 2.48. The zero-order valence-corrected chi connectivity index (χ0v) is 7.81. The highest BCUT2D eigenvalue weighted by Crippen LogP contribution is 2.30. The fourth-order valence-electron chi connectivity index (χ4n) is 1.21. The van der Waals surface area contributed by atoms with E-state index in [-0.39, 0.29) is 17.9 Å². The van der Waals surface area contributed by atoms with E-state index in [4.69, 9.17) is 5.11 Å². The van der Waals surface area contributed by atoms with Crippen molar-refractivity contribution in [2.45, 2.75) is 26.6 Å². The maximum Gasteiger partial charge on any atom is 0.433 e. The fourth-order valence-corrected chi connectivity index (χ4v) is 1.21. The Labute approximate surface area is 79.4 Å². The molecule has 5 heteroatoms. The normalized spacial score (nSPS) is 11.9. The molecule has 0 aliphatic rings. The number of aryl methyl sites for hydroxylation is 2. The number of hydrogen-bond donors (Lipinski definition) is 1. The predicted octanol–water partition coefficient (Wildman–Crippen LogP) is 2.21. The molecule has 2 nitrogen and oxygen atoms in total. The minimum atomic E-state index is -4.43. The number of pyridine rings is 1. The number of aliphatic hydroxyl groups is 1.